The highest BCUT2D eigenvalue weighted by Gasteiger charge is 2.54. The predicted octanol–water partition coefficient (Wildman–Crippen LogP) is 2.14. The van der Waals surface area contributed by atoms with Crippen LogP contribution in [0.5, 0.6) is 0 Å². The maximum absolute atomic E-state index is 13.1. The summed E-state index contributed by atoms with van der Waals surface area (Å²) in [5, 5.41) is 13.4. The number of amides is 2. The van der Waals surface area contributed by atoms with Crippen LogP contribution in [-0.2, 0) is 35.1 Å². The number of ether oxygens (including phenoxy) is 2. The number of nitrogens with one attached hydrogen (secondary N) is 1. The first-order chi connectivity index (χ1) is 18.3. The molecule has 4 rings (SSSR count). The lowest BCUT2D eigenvalue weighted by Crippen LogP contribution is -2.75. The SMILES string of the molecule is CC(=O)CO[C@H]1[C@@H](NC(=O)Cc2ccccc2)C(=O)N1C(O)C(=O)OC(c1ccccc1)c1ccccc1. The molecular weight excluding hydrogens is 488 g/mol. The van der Waals surface area contributed by atoms with Crippen LogP contribution in [0.3, 0.4) is 0 Å². The van der Waals surface area contributed by atoms with Gasteiger partial charge in [-0.15, -0.1) is 0 Å². The number of β-lactam (4-membered cyclic amide) rings is 1. The normalized spacial score (nSPS) is 17.4. The summed E-state index contributed by atoms with van der Waals surface area (Å²) in [6.45, 7) is 0.917. The zero-order valence-electron chi connectivity index (χ0n) is 20.7. The molecule has 38 heavy (non-hydrogen) atoms. The third kappa shape index (κ3) is 6.31. The Balaban J connectivity index is 1.48. The van der Waals surface area contributed by atoms with Crippen molar-refractivity contribution in [2.24, 2.45) is 0 Å². The van der Waals surface area contributed by atoms with E-state index < -0.39 is 42.4 Å². The van der Waals surface area contributed by atoms with Gasteiger partial charge >= 0.3 is 5.97 Å². The van der Waals surface area contributed by atoms with E-state index in [2.05, 4.69) is 5.32 Å². The number of benzene rings is 3. The van der Waals surface area contributed by atoms with E-state index in [0.717, 1.165) is 10.5 Å². The van der Waals surface area contributed by atoms with Crippen LogP contribution in [0.2, 0.25) is 0 Å². The summed E-state index contributed by atoms with van der Waals surface area (Å²) in [5.41, 5.74) is 2.08. The Morgan fingerprint density at radius 2 is 1.42 bits per heavy atom. The van der Waals surface area contributed by atoms with Gasteiger partial charge in [-0.1, -0.05) is 91.0 Å². The quantitative estimate of drug-likeness (QED) is 0.296. The molecule has 3 aromatic carbocycles. The zero-order chi connectivity index (χ0) is 27.1. The van der Waals surface area contributed by atoms with Crippen LogP contribution in [0.1, 0.15) is 29.7 Å². The van der Waals surface area contributed by atoms with Crippen molar-refractivity contribution in [3.63, 3.8) is 0 Å². The summed E-state index contributed by atoms with van der Waals surface area (Å²) in [5.74, 6) is -2.60. The van der Waals surface area contributed by atoms with Crippen molar-refractivity contribution in [3.05, 3.63) is 108 Å². The Morgan fingerprint density at radius 3 is 1.95 bits per heavy atom. The summed E-state index contributed by atoms with van der Waals surface area (Å²) in [6, 6.07) is 25.7. The lowest BCUT2D eigenvalue weighted by molar-refractivity contribution is -0.220. The van der Waals surface area contributed by atoms with Crippen LogP contribution >= 0.6 is 0 Å². The Kier molecular flexibility index (Phi) is 8.62. The third-order valence-electron chi connectivity index (χ3n) is 5.97. The van der Waals surface area contributed by atoms with Crippen LogP contribution in [0.4, 0.5) is 0 Å². The number of Topliss-reactive ketones (excluding diaryl/α,β-unsaturated/α-hetero) is 1. The molecule has 9 nitrogen and oxygen atoms in total. The minimum atomic E-state index is -2.02. The van der Waals surface area contributed by atoms with Gasteiger partial charge in [0.2, 0.25) is 12.1 Å². The number of carbonyl (C=O) groups is 4. The summed E-state index contributed by atoms with van der Waals surface area (Å²) < 4.78 is 11.2. The predicted molar refractivity (Wildman–Crippen MR) is 136 cm³/mol. The molecule has 1 heterocycles. The molecule has 0 saturated carbocycles. The molecule has 196 valence electrons. The molecular formula is C29H28N2O7. The largest absolute Gasteiger partial charge is 0.449 e. The molecule has 0 aromatic heterocycles. The highest BCUT2D eigenvalue weighted by atomic mass is 16.6. The standard InChI is InChI=1S/C29H28N2O7/c1-19(32)18-37-28-24(30-23(33)17-20-11-5-2-6-12-20)26(34)31(28)27(35)29(36)38-25(21-13-7-3-8-14-21)22-15-9-4-10-16-22/h2-16,24-25,27-28,35H,17-18H2,1H3,(H,30,33)/t24-,27?,28-/m0/s1. The van der Waals surface area contributed by atoms with E-state index in [0.29, 0.717) is 11.1 Å². The van der Waals surface area contributed by atoms with Crippen LogP contribution < -0.4 is 5.32 Å². The van der Waals surface area contributed by atoms with Gasteiger partial charge in [-0.25, -0.2) is 4.79 Å². The average molecular weight is 517 g/mol. The van der Waals surface area contributed by atoms with Crippen molar-refractivity contribution in [1.82, 2.24) is 10.2 Å². The van der Waals surface area contributed by atoms with Gasteiger partial charge in [0.25, 0.3) is 5.91 Å². The molecule has 1 aliphatic rings. The number of likely N-dealkylation sites (tertiary alicyclic amines) is 1. The van der Waals surface area contributed by atoms with Crippen molar-refractivity contribution >= 4 is 23.6 Å². The van der Waals surface area contributed by atoms with Gasteiger partial charge in [-0.2, -0.15) is 0 Å². The minimum absolute atomic E-state index is 0.0183. The van der Waals surface area contributed by atoms with Crippen molar-refractivity contribution in [2.75, 3.05) is 6.61 Å². The number of carbonyl (C=O) groups excluding carboxylic acids is 4. The third-order valence-corrected chi connectivity index (χ3v) is 5.97. The number of aliphatic hydroxyl groups excluding tert-OH is 1. The second kappa shape index (κ2) is 12.3. The highest BCUT2D eigenvalue weighted by Crippen LogP contribution is 2.29. The van der Waals surface area contributed by atoms with Gasteiger partial charge in [-0.05, 0) is 23.6 Å². The van der Waals surface area contributed by atoms with Crippen LogP contribution in [-0.4, -0.2) is 58.7 Å². The topological polar surface area (TPSA) is 122 Å². The van der Waals surface area contributed by atoms with E-state index in [1.54, 1.807) is 72.8 Å². The number of rotatable bonds is 11. The number of nitrogens with zero attached hydrogens (tertiary/aromatic N) is 1. The fourth-order valence-electron chi connectivity index (χ4n) is 4.14. The number of aliphatic hydroxyl groups is 1. The van der Waals surface area contributed by atoms with Crippen molar-refractivity contribution in [1.29, 1.82) is 0 Å². The van der Waals surface area contributed by atoms with Gasteiger partial charge in [0.1, 0.15) is 6.61 Å². The van der Waals surface area contributed by atoms with Gasteiger partial charge in [0, 0.05) is 0 Å². The molecule has 1 aliphatic heterocycles. The van der Waals surface area contributed by atoms with E-state index in [-0.39, 0.29) is 18.8 Å². The molecule has 1 saturated heterocycles. The van der Waals surface area contributed by atoms with Gasteiger partial charge < -0.3 is 19.9 Å². The summed E-state index contributed by atoms with van der Waals surface area (Å²) in [4.78, 5) is 50.9. The van der Waals surface area contributed by atoms with Gasteiger partial charge in [0.05, 0.1) is 6.42 Å². The lowest BCUT2D eigenvalue weighted by atomic mass is 10.0. The lowest BCUT2D eigenvalue weighted by Gasteiger charge is -2.47. The van der Waals surface area contributed by atoms with E-state index in [9.17, 15) is 24.3 Å². The fourth-order valence-corrected chi connectivity index (χ4v) is 4.14. The fraction of sp³-hybridized carbons (Fsp3) is 0.241. The Labute approximate surface area is 220 Å². The summed E-state index contributed by atoms with van der Waals surface area (Å²) >= 11 is 0. The van der Waals surface area contributed by atoms with Crippen molar-refractivity contribution in [3.8, 4) is 0 Å². The molecule has 0 radical (unpaired) electrons. The monoisotopic (exact) mass is 516 g/mol. The maximum Gasteiger partial charge on any atom is 0.357 e. The maximum atomic E-state index is 13.1. The molecule has 1 unspecified atom stereocenters. The number of hydrogen-bond donors (Lipinski definition) is 2. The Morgan fingerprint density at radius 1 is 0.895 bits per heavy atom. The van der Waals surface area contributed by atoms with Crippen LogP contribution in [0.25, 0.3) is 0 Å². The molecule has 1 fully saturated rings. The average Bonchev–Trinajstić information content (AvgIpc) is 2.93. The van der Waals surface area contributed by atoms with E-state index in [4.69, 9.17) is 9.47 Å². The molecule has 2 N–H and O–H groups in total. The first kappa shape index (κ1) is 26.7. The van der Waals surface area contributed by atoms with Crippen molar-refractivity contribution < 1.29 is 33.8 Å². The molecule has 9 heteroatoms. The van der Waals surface area contributed by atoms with Crippen LogP contribution in [0, 0.1) is 0 Å². The second-order valence-corrected chi connectivity index (χ2v) is 8.87. The molecule has 0 aliphatic carbocycles. The smallest absolute Gasteiger partial charge is 0.357 e. The van der Waals surface area contributed by atoms with Gasteiger partial charge in [0.15, 0.2) is 24.2 Å². The van der Waals surface area contributed by atoms with Crippen molar-refractivity contribution in [2.45, 2.75) is 37.9 Å². The molecule has 3 aromatic rings. The minimum Gasteiger partial charge on any atom is -0.449 e. The summed E-state index contributed by atoms with van der Waals surface area (Å²) in [7, 11) is 0. The first-order valence-corrected chi connectivity index (χ1v) is 12.1. The van der Waals surface area contributed by atoms with E-state index in [1.165, 1.54) is 6.92 Å². The molecule has 0 bridgehead atoms. The molecule has 0 spiro atoms. The zero-order valence-corrected chi connectivity index (χ0v) is 20.7. The first-order valence-electron chi connectivity index (χ1n) is 12.1. The van der Waals surface area contributed by atoms with E-state index >= 15 is 0 Å². The Hall–Kier alpha value is -4.34. The number of hydrogen-bond acceptors (Lipinski definition) is 7. The van der Waals surface area contributed by atoms with Gasteiger partial charge in [-0.3, -0.25) is 19.3 Å². The Bertz CT molecular complexity index is 1230. The highest BCUT2D eigenvalue weighted by molar-refractivity contribution is 5.96. The molecule has 3 atom stereocenters. The number of esters is 1. The van der Waals surface area contributed by atoms with Crippen LogP contribution in [0.15, 0.2) is 91.0 Å². The van der Waals surface area contributed by atoms with E-state index in [1.807, 2.05) is 18.2 Å². The second-order valence-electron chi connectivity index (χ2n) is 8.87. The molecule has 2 amide bonds. The number of ketones is 1. The summed E-state index contributed by atoms with van der Waals surface area (Å²) in [6.07, 6.45) is -4.07.